The van der Waals surface area contributed by atoms with Crippen LogP contribution < -0.4 is 5.73 Å². The topological polar surface area (TPSA) is 64.1 Å². The summed E-state index contributed by atoms with van der Waals surface area (Å²) >= 11 is 0. The van der Waals surface area contributed by atoms with Crippen molar-refractivity contribution >= 4 is 27.5 Å². The van der Waals surface area contributed by atoms with Crippen LogP contribution in [-0.4, -0.2) is 14.7 Å². The van der Waals surface area contributed by atoms with E-state index in [1.807, 2.05) is 0 Å². The molecule has 2 aromatic heterocycles. The van der Waals surface area contributed by atoms with Crippen molar-refractivity contribution < 1.29 is 13.9 Å². The summed E-state index contributed by atoms with van der Waals surface area (Å²) in [6, 6.07) is 9.51. The fourth-order valence-corrected chi connectivity index (χ4v) is 3.54. The number of para-hydroxylation sites is 1. The molecule has 4 nitrogen and oxygen atoms in total. The van der Waals surface area contributed by atoms with E-state index in [0.717, 1.165) is 18.9 Å². The minimum atomic E-state index is -0.918. The molecule has 1 saturated carbocycles. The second-order valence-corrected chi connectivity index (χ2v) is 6.68. The molecule has 1 aliphatic rings. The molecule has 5 rings (SSSR count). The van der Waals surface area contributed by atoms with Crippen LogP contribution in [0.25, 0.3) is 32.9 Å². The van der Waals surface area contributed by atoms with Crippen LogP contribution in [-0.2, 0) is 0 Å². The molecule has 0 bridgehead atoms. The van der Waals surface area contributed by atoms with Crippen LogP contribution in [0.5, 0.6) is 5.88 Å². The largest absolute Gasteiger partial charge is 0.494 e. The smallest absolute Gasteiger partial charge is 0.203 e. The number of nitrogen functional groups attached to an aromatic ring is 1. The van der Waals surface area contributed by atoms with Gasteiger partial charge in [0, 0.05) is 28.8 Å². The van der Waals surface area contributed by atoms with Crippen molar-refractivity contribution in [2.45, 2.75) is 18.9 Å². The SMILES string of the molecule is Nc1c2cccc(-c3cccc(F)c3F)c2nc2cn(C3CC3)c(O)c12. The van der Waals surface area contributed by atoms with Gasteiger partial charge in [0.1, 0.15) is 0 Å². The van der Waals surface area contributed by atoms with Crippen molar-refractivity contribution in [2.24, 2.45) is 0 Å². The maximum absolute atomic E-state index is 14.3. The van der Waals surface area contributed by atoms with Crippen LogP contribution in [0.4, 0.5) is 14.5 Å². The Bertz CT molecular complexity index is 1200. The summed E-state index contributed by atoms with van der Waals surface area (Å²) < 4.78 is 29.8. The van der Waals surface area contributed by atoms with Gasteiger partial charge in [0.2, 0.25) is 5.88 Å². The molecular weight excluding hydrogens is 336 g/mol. The second-order valence-electron chi connectivity index (χ2n) is 6.68. The Morgan fingerprint density at radius 2 is 1.81 bits per heavy atom. The number of benzene rings is 2. The molecule has 1 fully saturated rings. The maximum atomic E-state index is 14.3. The van der Waals surface area contributed by atoms with E-state index in [1.165, 1.54) is 12.1 Å². The van der Waals surface area contributed by atoms with E-state index in [2.05, 4.69) is 4.98 Å². The van der Waals surface area contributed by atoms with Crippen molar-refractivity contribution in [1.29, 1.82) is 0 Å². The molecule has 0 spiro atoms. The lowest BCUT2D eigenvalue weighted by molar-refractivity contribution is 0.424. The summed E-state index contributed by atoms with van der Waals surface area (Å²) in [5.74, 6) is -1.72. The van der Waals surface area contributed by atoms with Crippen LogP contribution in [0.2, 0.25) is 0 Å². The minimum absolute atomic E-state index is 0.108. The number of halogens is 2. The van der Waals surface area contributed by atoms with Crippen LogP contribution in [0, 0.1) is 11.6 Å². The van der Waals surface area contributed by atoms with E-state index in [9.17, 15) is 13.9 Å². The Morgan fingerprint density at radius 3 is 2.58 bits per heavy atom. The van der Waals surface area contributed by atoms with E-state index in [0.29, 0.717) is 33.1 Å². The minimum Gasteiger partial charge on any atom is -0.494 e. The Hall–Kier alpha value is -3.15. The lowest BCUT2D eigenvalue weighted by Gasteiger charge is -2.10. The zero-order chi connectivity index (χ0) is 18.0. The average molecular weight is 351 g/mol. The summed E-state index contributed by atoms with van der Waals surface area (Å²) in [5.41, 5.74) is 8.34. The number of aromatic hydroxyl groups is 1. The van der Waals surface area contributed by atoms with Gasteiger partial charge in [0.25, 0.3) is 0 Å². The normalized spacial score (nSPS) is 14.4. The molecule has 0 saturated heterocycles. The van der Waals surface area contributed by atoms with Gasteiger partial charge in [-0.2, -0.15) is 0 Å². The fraction of sp³-hybridized carbons (Fsp3) is 0.150. The molecule has 3 N–H and O–H groups in total. The maximum Gasteiger partial charge on any atom is 0.203 e. The zero-order valence-electron chi connectivity index (χ0n) is 13.7. The fourth-order valence-electron chi connectivity index (χ4n) is 3.54. The van der Waals surface area contributed by atoms with Gasteiger partial charge >= 0.3 is 0 Å². The number of hydrogen-bond acceptors (Lipinski definition) is 3. The highest BCUT2D eigenvalue weighted by Gasteiger charge is 2.28. The molecule has 0 atom stereocenters. The number of fused-ring (bicyclic) bond motifs is 2. The quantitative estimate of drug-likeness (QED) is 0.547. The van der Waals surface area contributed by atoms with E-state index >= 15 is 0 Å². The van der Waals surface area contributed by atoms with Gasteiger partial charge in [0.05, 0.1) is 22.1 Å². The van der Waals surface area contributed by atoms with Crippen molar-refractivity contribution in [3.05, 3.63) is 54.2 Å². The number of nitrogens with two attached hydrogens (primary N) is 1. The van der Waals surface area contributed by atoms with E-state index < -0.39 is 11.6 Å². The summed E-state index contributed by atoms with van der Waals surface area (Å²) in [5, 5.41) is 11.6. The number of pyridine rings is 1. The average Bonchev–Trinajstić information content (AvgIpc) is 3.41. The Kier molecular flexibility index (Phi) is 3.01. The summed E-state index contributed by atoms with van der Waals surface area (Å²) in [6.45, 7) is 0. The molecule has 0 radical (unpaired) electrons. The first kappa shape index (κ1) is 15.1. The van der Waals surface area contributed by atoms with Crippen LogP contribution in [0.1, 0.15) is 18.9 Å². The van der Waals surface area contributed by atoms with Crippen molar-refractivity contribution in [1.82, 2.24) is 9.55 Å². The molecule has 1 aliphatic carbocycles. The van der Waals surface area contributed by atoms with Gasteiger partial charge in [0.15, 0.2) is 11.6 Å². The van der Waals surface area contributed by atoms with Crippen LogP contribution >= 0.6 is 0 Å². The molecule has 0 aliphatic heterocycles. The first-order chi connectivity index (χ1) is 12.6. The number of rotatable bonds is 2. The third-order valence-electron chi connectivity index (χ3n) is 5.00. The van der Waals surface area contributed by atoms with Gasteiger partial charge < -0.3 is 15.4 Å². The van der Waals surface area contributed by atoms with E-state index in [-0.39, 0.29) is 17.5 Å². The first-order valence-electron chi connectivity index (χ1n) is 8.42. The first-order valence-corrected chi connectivity index (χ1v) is 8.42. The molecule has 26 heavy (non-hydrogen) atoms. The van der Waals surface area contributed by atoms with E-state index in [4.69, 9.17) is 5.73 Å². The van der Waals surface area contributed by atoms with E-state index in [1.54, 1.807) is 29.0 Å². The number of hydrogen-bond donors (Lipinski definition) is 2. The third-order valence-corrected chi connectivity index (χ3v) is 5.00. The van der Waals surface area contributed by atoms with Gasteiger partial charge in [-0.3, -0.25) is 0 Å². The third kappa shape index (κ3) is 2.02. The molecule has 130 valence electrons. The van der Waals surface area contributed by atoms with Crippen molar-refractivity contribution in [2.75, 3.05) is 5.73 Å². The van der Waals surface area contributed by atoms with Crippen LogP contribution in [0.15, 0.2) is 42.6 Å². The van der Waals surface area contributed by atoms with Gasteiger partial charge in [-0.25, -0.2) is 13.8 Å². The van der Waals surface area contributed by atoms with Crippen molar-refractivity contribution in [3.8, 4) is 17.0 Å². The molecule has 6 heteroatoms. The Morgan fingerprint density at radius 1 is 1.08 bits per heavy atom. The second kappa shape index (κ2) is 5.17. The lowest BCUT2D eigenvalue weighted by atomic mass is 10.00. The highest BCUT2D eigenvalue weighted by atomic mass is 19.2. The summed E-state index contributed by atoms with van der Waals surface area (Å²) in [4.78, 5) is 4.63. The standard InChI is InChI=1S/C20H15F2N3O/c21-14-6-2-3-11(17(14)22)12-4-1-5-13-18(23)16-15(24-19(12)13)9-25(20(16)26)10-7-8-10/h1-6,9-10,26H,7-8,23H2. The van der Waals surface area contributed by atoms with Crippen molar-refractivity contribution in [3.63, 3.8) is 0 Å². The predicted octanol–water partition coefficient (Wildman–Crippen LogP) is 4.76. The molecule has 0 amide bonds. The molecule has 4 aromatic rings. The Balaban J connectivity index is 1.86. The molecule has 2 heterocycles. The Labute approximate surface area is 147 Å². The summed E-state index contributed by atoms with van der Waals surface area (Å²) in [7, 11) is 0. The van der Waals surface area contributed by atoms with Gasteiger partial charge in [-0.1, -0.05) is 30.3 Å². The highest BCUT2D eigenvalue weighted by Crippen LogP contribution is 2.44. The molecule has 2 aromatic carbocycles. The number of aromatic nitrogens is 2. The van der Waals surface area contributed by atoms with Gasteiger partial charge in [-0.15, -0.1) is 0 Å². The van der Waals surface area contributed by atoms with Gasteiger partial charge in [-0.05, 0) is 18.9 Å². The van der Waals surface area contributed by atoms with Crippen LogP contribution in [0.3, 0.4) is 0 Å². The number of anilines is 1. The predicted molar refractivity (Wildman–Crippen MR) is 96.9 cm³/mol. The summed E-state index contributed by atoms with van der Waals surface area (Å²) in [6.07, 6.45) is 3.79. The molecular formula is C20H15F2N3O. The highest BCUT2D eigenvalue weighted by molar-refractivity contribution is 6.12. The number of nitrogens with zero attached hydrogens (tertiary/aromatic N) is 2. The zero-order valence-corrected chi connectivity index (χ0v) is 13.7. The monoisotopic (exact) mass is 351 g/mol. The lowest BCUT2D eigenvalue weighted by Crippen LogP contribution is -1.95. The molecule has 0 unspecified atom stereocenters.